The average Bonchev–Trinajstić information content (AvgIpc) is 2.85. The summed E-state index contributed by atoms with van der Waals surface area (Å²) in [5.41, 5.74) is 0.800. The van der Waals surface area contributed by atoms with Gasteiger partial charge in [0.15, 0.2) is 0 Å². The van der Waals surface area contributed by atoms with Crippen LogP contribution in [-0.4, -0.2) is 31.1 Å². The fourth-order valence-electron chi connectivity index (χ4n) is 2.97. The number of rotatable bonds is 6. The summed E-state index contributed by atoms with van der Waals surface area (Å²) in [6.45, 7) is 7.91. The number of hydrogen-bond donors (Lipinski definition) is 1. The number of hydrogen-bond acceptors (Lipinski definition) is 3. The number of nitrogens with zero attached hydrogens (tertiary/aromatic N) is 2. The van der Waals surface area contributed by atoms with Crippen molar-refractivity contribution < 1.29 is 4.39 Å². The highest BCUT2D eigenvalue weighted by Gasteiger charge is 2.39. The minimum absolute atomic E-state index is 0.190. The molecule has 1 aromatic rings. The second-order valence-corrected chi connectivity index (χ2v) is 5.24. The summed E-state index contributed by atoms with van der Waals surface area (Å²) in [4.78, 5) is 2.31. The molecular formula is C16H22FN3. The van der Waals surface area contributed by atoms with Crippen LogP contribution in [0.1, 0.15) is 31.4 Å². The Morgan fingerprint density at radius 3 is 2.80 bits per heavy atom. The van der Waals surface area contributed by atoms with Crippen molar-refractivity contribution >= 4 is 0 Å². The monoisotopic (exact) mass is 275 g/mol. The molecule has 0 aromatic heterocycles. The van der Waals surface area contributed by atoms with Crippen LogP contribution in [0.15, 0.2) is 18.2 Å². The third-order valence-electron chi connectivity index (χ3n) is 4.27. The lowest BCUT2D eigenvalue weighted by atomic mass is 9.93. The predicted octanol–water partition coefficient (Wildman–Crippen LogP) is 2.42. The highest BCUT2D eigenvalue weighted by Crippen LogP contribution is 2.37. The number of fused-ring (bicyclic) bond motifs is 1. The third-order valence-corrected chi connectivity index (χ3v) is 4.27. The topological polar surface area (TPSA) is 39.1 Å². The number of nitriles is 1. The Bertz CT molecular complexity index is 505. The second kappa shape index (κ2) is 6.34. The molecule has 0 spiro atoms. The maximum Gasteiger partial charge on any atom is 0.133 e. The van der Waals surface area contributed by atoms with Gasteiger partial charge in [-0.05, 0) is 43.1 Å². The van der Waals surface area contributed by atoms with E-state index >= 15 is 0 Å². The van der Waals surface area contributed by atoms with E-state index in [9.17, 15) is 9.65 Å². The quantitative estimate of drug-likeness (QED) is 0.866. The van der Waals surface area contributed by atoms with Crippen LogP contribution < -0.4 is 5.32 Å². The van der Waals surface area contributed by atoms with Crippen LogP contribution in [-0.2, 0) is 12.0 Å². The molecule has 0 fully saturated rings. The maximum atomic E-state index is 13.8. The summed E-state index contributed by atoms with van der Waals surface area (Å²) < 4.78 is 13.8. The van der Waals surface area contributed by atoms with Crippen LogP contribution in [0.4, 0.5) is 4.39 Å². The van der Waals surface area contributed by atoms with Gasteiger partial charge in [0.05, 0.1) is 6.07 Å². The van der Waals surface area contributed by atoms with Crippen LogP contribution in [0, 0.1) is 17.1 Å². The Morgan fingerprint density at radius 2 is 2.15 bits per heavy atom. The largest absolute Gasteiger partial charge is 0.303 e. The van der Waals surface area contributed by atoms with Gasteiger partial charge < -0.3 is 4.90 Å². The first-order valence-corrected chi connectivity index (χ1v) is 7.33. The molecule has 1 aliphatic rings. The third kappa shape index (κ3) is 2.70. The first-order chi connectivity index (χ1) is 9.66. The Hall–Kier alpha value is -1.44. The number of benzene rings is 1. The highest BCUT2D eigenvalue weighted by molar-refractivity contribution is 5.44. The highest BCUT2D eigenvalue weighted by atomic mass is 19.1. The van der Waals surface area contributed by atoms with Crippen molar-refractivity contribution in [2.45, 2.75) is 32.2 Å². The molecule has 1 N–H and O–H groups in total. The number of nitrogens with one attached hydrogen (secondary N) is 1. The molecule has 3 nitrogen and oxygen atoms in total. The molecule has 1 aliphatic carbocycles. The number of likely N-dealkylation sites (N-methyl/N-ethyl adjacent to an activating group) is 1. The summed E-state index contributed by atoms with van der Waals surface area (Å²) in [5.74, 6) is -0.190. The van der Waals surface area contributed by atoms with Gasteiger partial charge in [-0.3, -0.25) is 5.32 Å². The van der Waals surface area contributed by atoms with Crippen LogP contribution in [0.2, 0.25) is 0 Å². The Labute approximate surface area is 120 Å². The van der Waals surface area contributed by atoms with E-state index in [1.807, 2.05) is 6.07 Å². The molecule has 0 radical (unpaired) electrons. The Morgan fingerprint density at radius 1 is 1.40 bits per heavy atom. The molecule has 4 heteroatoms. The standard InChI is InChI=1S/C16H22FN3/c1-3-20(4-2)11-10-19-16(12-18)9-8-13-14(16)6-5-7-15(13)17/h5-7,19H,3-4,8-11H2,1-2H3. The van der Waals surface area contributed by atoms with Crippen LogP contribution in [0.5, 0.6) is 0 Å². The van der Waals surface area contributed by atoms with Gasteiger partial charge in [0.1, 0.15) is 11.4 Å². The van der Waals surface area contributed by atoms with E-state index in [1.165, 1.54) is 6.07 Å². The fourth-order valence-corrected chi connectivity index (χ4v) is 2.97. The van der Waals surface area contributed by atoms with E-state index in [0.29, 0.717) is 18.4 Å². The molecule has 1 aromatic carbocycles. The SMILES string of the molecule is CCN(CC)CCNC1(C#N)CCc2c(F)cccc21. The molecule has 0 saturated carbocycles. The van der Waals surface area contributed by atoms with Crippen LogP contribution in [0.3, 0.4) is 0 Å². The van der Waals surface area contributed by atoms with Crippen LogP contribution >= 0.6 is 0 Å². The lowest BCUT2D eigenvalue weighted by Crippen LogP contribution is -2.43. The predicted molar refractivity (Wildman–Crippen MR) is 77.8 cm³/mol. The molecule has 1 unspecified atom stereocenters. The van der Waals surface area contributed by atoms with Crippen LogP contribution in [0.25, 0.3) is 0 Å². The van der Waals surface area contributed by atoms with E-state index < -0.39 is 5.54 Å². The first-order valence-electron chi connectivity index (χ1n) is 7.33. The first kappa shape index (κ1) is 15.0. The summed E-state index contributed by atoms with van der Waals surface area (Å²) in [7, 11) is 0. The van der Waals surface area contributed by atoms with E-state index in [2.05, 4.69) is 30.1 Å². The maximum absolute atomic E-state index is 13.8. The van der Waals surface area contributed by atoms with Crippen molar-refractivity contribution in [3.8, 4) is 6.07 Å². The van der Waals surface area contributed by atoms with Crippen molar-refractivity contribution in [3.63, 3.8) is 0 Å². The Kier molecular flexibility index (Phi) is 4.74. The molecule has 0 heterocycles. The van der Waals surface area contributed by atoms with E-state index in [4.69, 9.17) is 0 Å². The summed E-state index contributed by atoms with van der Waals surface area (Å²) >= 11 is 0. The van der Waals surface area contributed by atoms with Gasteiger partial charge in [0.25, 0.3) is 0 Å². The molecule has 0 saturated heterocycles. The molecule has 1 atom stereocenters. The molecule has 2 rings (SSSR count). The van der Waals surface area contributed by atoms with Gasteiger partial charge in [0, 0.05) is 13.1 Å². The smallest absolute Gasteiger partial charge is 0.133 e. The van der Waals surface area contributed by atoms with Gasteiger partial charge >= 0.3 is 0 Å². The van der Waals surface area contributed by atoms with E-state index in [-0.39, 0.29) is 5.82 Å². The zero-order chi connectivity index (χ0) is 14.6. The van der Waals surface area contributed by atoms with Gasteiger partial charge in [-0.1, -0.05) is 26.0 Å². The molecular weight excluding hydrogens is 253 g/mol. The lowest BCUT2D eigenvalue weighted by Gasteiger charge is -2.26. The minimum atomic E-state index is -0.718. The molecule has 0 bridgehead atoms. The average molecular weight is 275 g/mol. The van der Waals surface area contributed by atoms with Gasteiger partial charge in [-0.15, -0.1) is 0 Å². The van der Waals surface area contributed by atoms with Crippen molar-refractivity contribution in [1.29, 1.82) is 5.26 Å². The lowest BCUT2D eigenvalue weighted by molar-refractivity contribution is 0.285. The Balaban J connectivity index is 2.10. The van der Waals surface area contributed by atoms with Gasteiger partial charge in [-0.25, -0.2) is 4.39 Å². The molecule has 0 amide bonds. The fraction of sp³-hybridized carbons (Fsp3) is 0.562. The molecule has 0 aliphatic heterocycles. The zero-order valence-corrected chi connectivity index (χ0v) is 12.2. The van der Waals surface area contributed by atoms with Crippen molar-refractivity contribution in [2.75, 3.05) is 26.2 Å². The number of halogens is 1. The van der Waals surface area contributed by atoms with Gasteiger partial charge in [0.2, 0.25) is 0 Å². The summed E-state index contributed by atoms with van der Waals surface area (Å²) in [5, 5.41) is 12.9. The van der Waals surface area contributed by atoms with E-state index in [0.717, 1.165) is 31.7 Å². The van der Waals surface area contributed by atoms with Crippen molar-refractivity contribution in [3.05, 3.63) is 35.1 Å². The van der Waals surface area contributed by atoms with E-state index in [1.54, 1.807) is 6.07 Å². The van der Waals surface area contributed by atoms with Crippen molar-refractivity contribution in [1.82, 2.24) is 10.2 Å². The molecule has 20 heavy (non-hydrogen) atoms. The summed E-state index contributed by atoms with van der Waals surface area (Å²) in [6.07, 6.45) is 1.28. The van der Waals surface area contributed by atoms with Gasteiger partial charge in [-0.2, -0.15) is 5.26 Å². The van der Waals surface area contributed by atoms with Crippen molar-refractivity contribution in [2.24, 2.45) is 0 Å². The zero-order valence-electron chi connectivity index (χ0n) is 12.2. The normalized spacial score (nSPS) is 20.9. The molecule has 108 valence electrons. The second-order valence-electron chi connectivity index (χ2n) is 5.24. The summed E-state index contributed by atoms with van der Waals surface area (Å²) in [6, 6.07) is 7.41. The minimum Gasteiger partial charge on any atom is -0.303 e.